The highest BCUT2D eigenvalue weighted by molar-refractivity contribution is 7.22. The lowest BCUT2D eigenvalue weighted by molar-refractivity contribution is 0.107. The van der Waals surface area contributed by atoms with Crippen molar-refractivity contribution in [2.45, 2.75) is 55.9 Å². The van der Waals surface area contributed by atoms with Crippen LogP contribution in [0.2, 0.25) is 0 Å². The average Bonchev–Trinajstić information content (AvgIpc) is 3.70. The Morgan fingerprint density at radius 3 is 2.71 bits per heavy atom. The quantitative estimate of drug-likeness (QED) is 0.361. The molecule has 3 N–H and O–H groups in total. The number of anilines is 2. The van der Waals surface area contributed by atoms with Gasteiger partial charge in [-0.15, -0.1) is 0 Å². The highest BCUT2D eigenvalue weighted by Gasteiger charge is 2.49. The van der Waals surface area contributed by atoms with Crippen molar-refractivity contribution in [2.24, 2.45) is 0 Å². The van der Waals surface area contributed by atoms with Crippen molar-refractivity contribution in [3.05, 3.63) is 30.0 Å². The minimum Gasteiger partial charge on any atom is -0.461 e. The van der Waals surface area contributed by atoms with Gasteiger partial charge in [-0.2, -0.15) is 9.97 Å². The Kier molecular flexibility index (Phi) is 5.81. The second-order valence-corrected chi connectivity index (χ2v) is 12.8. The first-order valence-electron chi connectivity index (χ1n) is 14.1. The molecule has 0 spiro atoms. The van der Waals surface area contributed by atoms with Crippen molar-refractivity contribution in [3.8, 4) is 17.1 Å². The maximum absolute atomic E-state index is 16.5. The van der Waals surface area contributed by atoms with Crippen LogP contribution in [-0.2, 0) is 0 Å². The molecule has 4 aliphatic heterocycles. The predicted molar refractivity (Wildman–Crippen MR) is 151 cm³/mol. The number of rotatable bonds is 5. The summed E-state index contributed by atoms with van der Waals surface area (Å²) in [6, 6.07) is 3.45. The normalized spacial score (nSPS) is 27.8. The van der Waals surface area contributed by atoms with Crippen LogP contribution in [0.25, 0.3) is 32.4 Å². The summed E-state index contributed by atoms with van der Waals surface area (Å²) in [5, 5.41) is 3.80. The lowest BCUT2D eigenvalue weighted by atomic mass is 9.95. The second-order valence-electron chi connectivity index (χ2n) is 11.7. The molecule has 4 aliphatic rings. The van der Waals surface area contributed by atoms with Crippen LogP contribution in [0.3, 0.4) is 0 Å². The van der Waals surface area contributed by atoms with E-state index in [1.54, 1.807) is 0 Å². The summed E-state index contributed by atoms with van der Waals surface area (Å²) in [6.45, 7) is 2.91. The Hall–Kier alpha value is -3.29. The topological polar surface area (TPSA) is 105 Å². The molecule has 4 aromatic rings. The molecule has 0 radical (unpaired) electrons. The number of benzene rings is 1. The number of halogens is 3. The summed E-state index contributed by atoms with van der Waals surface area (Å²) in [4.78, 5) is 22.5. The second kappa shape index (κ2) is 9.36. The molecule has 214 valence electrons. The SMILES string of the molecule is Nc1nc2c(-c3cnc4c(N5CC6CCC(C5)N6)nc(OC[C@@]56CCCN5C[C@H](F)C6)nc4c3F)ccc(F)c2s1. The zero-order valence-electron chi connectivity index (χ0n) is 22.2. The summed E-state index contributed by atoms with van der Waals surface area (Å²) in [5.41, 5.74) is 6.63. The average molecular weight is 583 g/mol. The van der Waals surface area contributed by atoms with Crippen LogP contribution in [0.5, 0.6) is 6.01 Å². The van der Waals surface area contributed by atoms with Gasteiger partial charge in [0.1, 0.15) is 29.6 Å². The minimum absolute atomic E-state index is 0.0182. The van der Waals surface area contributed by atoms with E-state index in [0.717, 1.165) is 43.6 Å². The van der Waals surface area contributed by atoms with Gasteiger partial charge in [-0.05, 0) is 44.4 Å². The minimum atomic E-state index is -0.889. The third-order valence-electron chi connectivity index (χ3n) is 9.16. The molecule has 2 bridgehead atoms. The molecule has 4 fully saturated rings. The summed E-state index contributed by atoms with van der Waals surface area (Å²) < 4.78 is 51.8. The van der Waals surface area contributed by atoms with Crippen LogP contribution in [0.15, 0.2) is 18.3 Å². The van der Waals surface area contributed by atoms with E-state index in [0.29, 0.717) is 55.0 Å². The molecule has 7 heterocycles. The largest absolute Gasteiger partial charge is 0.461 e. The van der Waals surface area contributed by atoms with Crippen molar-refractivity contribution in [3.63, 3.8) is 0 Å². The molecule has 0 aliphatic carbocycles. The number of hydrogen-bond donors (Lipinski definition) is 2. The van der Waals surface area contributed by atoms with Crippen molar-refractivity contribution in [2.75, 3.05) is 43.4 Å². The molecule has 0 amide bonds. The van der Waals surface area contributed by atoms with Crippen LogP contribution in [-0.4, -0.2) is 81.4 Å². The number of thiazole rings is 1. The zero-order valence-corrected chi connectivity index (χ0v) is 23.1. The number of alkyl halides is 1. The van der Waals surface area contributed by atoms with E-state index < -0.39 is 23.3 Å². The number of piperazine rings is 1. The number of nitrogens with one attached hydrogen (secondary N) is 1. The van der Waals surface area contributed by atoms with Gasteiger partial charge in [0.25, 0.3) is 0 Å². The first-order valence-corrected chi connectivity index (χ1v) is 14.9. The van der Waals surface area contributed by atoms with Gasteiger partial charge in [0.05, 0.1) is 15.8 Å². The van der Waals surface area contributed by atoms with Gasteiger partial charge in [0.15, 0.2) is 16.8 Å². The van der Waals surface area contributed by atoms with Crippen LogP contribution < -0.4 is 20.7 Å². The molecule has 13 heteroatoms. The molecular formula is C28H29F3N8OS. The van der Waals surface area contributed by atoms with Crippen molar-refractivity contribution >= 4 is 43.5 Å². The number of hydrogen-bond acceptors (Lipinski definition) is 10. The third-order valence-corrected chi connectivity index (χ3v) is 10.1. The molecule has 2 unspecified atom stereocenters. The van der Waals surface area contributed by atoms with Gasteiger partial charge in [0.2, 0.25) is 0 Å². The maximum atomic E-state index is 16.5. The molecule has 41 heavy (non-hydrogen) atoms. The Labute approximate surface area is 237 Å². The molecule has 4 saturated heterocycles. The first kappa shape index (κ1) is 25.4. The summed E-state index contributed by atoms with van der Waals surface area (Å²) in [7, 11) is 0. The van der Waals surface area contributed by atoms with Crippen LogP contribution in [0.4, 0.5) is 24.1 Å². The third kappa shape index (κ3) is 4.11. The van der Waals surface area contributed by atoms with Gasteiger partial charge in [-0.3, -0.25) is 4.90 Å². The molecule has 1 aromatic carbocycles. The van der Waals surface area contributed by atoms with E-state index in [4.69, 9.17) is 15.5 Å². The number of aromatic nitrogens is 4. The standard InChI is InChI=1S/C28H29F3N8OS/c29-14-8-28(6-1-7-39(28)10-14)13-40-27-36-22-20(31)18(17-4-5-19(30)24-21(17)35-26(32)41-24)9-33-23(22)25(37-27)38-11-15-2-3-16(12-38)34-15/h4-5,9,14-16,34H,1-3,6-8,10-13H2,(H2,32,35)/t14-,15?,16?,28+/m1/s1. The Bertz CT molecular complexity index is 1670. The van der Waals surface area contributed by atoms with E-state index in [1.165, 1.54) is 18.3 Å². The number of ether oxygens (including phenoxy) is 1. The number of nitrogens with two attached hydrogens (primary N) is 1. The zero-order chi connectivity index (χ0) is 27.9. The highest BCUT2D eigenvalue weighted by Crippen LogP contribution is 2.41. The fourth-order valence-electron chi connectivity index (χ4n) is 7.31. The van der Waals surface area contributed by atoms with Gasteiger partial charge in [-0.1, -0.05) is 11.3 Å². The molecule has 0 saturated carbocycles. The van der Waals surface area contributed by atoms with Crippen molar-refractivity contribution < 1.29 is 17.9 Å². The molecule has 3 aromatic heterocycles. The van der Waals surface area contributed by atoms with Gasteiger partial charge in [0, 0.05) is 55.5 Å². The number of pyridine rings is 1. The van der Waals surface area contributed by atoms with Crippen LogP contribution in [0, 0.1) is 11.6 Å². The maximum Gasteiger partial charge on any atom is 0.319 e. The van der Waals surface area contributed by atoms with E-state index in [2.05, 4.69) is 30.1 Å². The molecule has 9 nitrogen and oxygen atoms in total. The highest BCUT2D eigenvalue weighted by atomic mass is 32.1. The van der Waals surface area contributed by atoms with Gasteiger partial charge in [-0.25, -0.2) is 23.1 Å². The Morgan fingerprint density at radius 2 is 1.88 bits per heavy atom. The number of fused-ring (bicyclic) bond motifs is 5. The Balaban J connectivity index is 1.24. The van der Waals surface area contributed by atoms with Crippen molar-refractivity contribution in [1.82, 2.24) is 30.2 Å². The van der Waals surface area contributed by atoms with E-state index in [9.17, 15) is 8.78 Å². The molecular weight excluding hydrogens is 553 g/mol. The van der Waals surface area contributed by atoms with E-state index in [-0.39, 0.29) is 39.0 Å². The van der Waals surface area contributed by atoms with Crippen LogP contribution in [0.1, 0.15) is 32.1 Å². The van der Waals surface area contributed by atoms with E-state index in [1.807, 2.05) is 0 Å². The fourth-order valence-corrected chi connectivity index (χ4v) is 8.07. The molecule has 4 atom stereocenters. The van der Waals surface area contributed by atoms with E-state index >= 15 is 4.39 Å². The monoisotopic (exact) mass is 582 g/mol. The van der Waals surface area contributed by atoms with Gasteiger partial charge < -0.3 is 20.7 Å². The summed E-state index contributed by atoms with van der Waals surface area (Å²) in [5.74, 6) is -0.568. The number of nitrogens with zero attached hydrogens (tertiary/aromatic N) is 6. The fraction of sp³-hybridized carbons (Fsp3) is 0.500. The number of nitrogen functional groups attached to an aromatic ring is 1. The Morgan fingerprint density at radius 1 is 1.05 bits per heavy atom. The molecule has 8 rings (SSSR count). The smallest absolute Gasteiger partial charge is 0.319 e. The van der Waals surface area contributed by atoms with Gasteiger partial charge >= 0.3 is 6.01 Å². The van der Waals surface area contributed by atoms with Crippen LogP contribution >= 0.6 is 11.3 Å². The predicted octanol–water partition coefficient (Wildman–Crippen LogP) is 4.06. The lowest BCUT2D eigenvalue weighted by Gasteiger charge is -2.34. The first-order chi connectivity index (χ1) is 19.9. The lowest BCUT2D eigenvalue weighted by Crippen LogP contribution is -2.51. The summed E-state index contributed by atoms with van der Waals surface area (Å²) in [6.07, 6.45) is 4.91. The van der Waals surface area contributed by atoms with Crippen molar-refractivity contribution in [1.29, 1.82) is 0 Å². The summed E-state index contributed by atoms with van der Waals surface area (Å²) >= 11 is 1.01.